The van der Waals surface area contributed by atoms with Gasteiger partial charge in [0.15, 0.2) is 0 Å². The van der Waals surface area contributed by atoms with Crippen molar-refractivity contribution >= 4 is 5.91 Å². The van der Waals surface area contributed by atoms with Crippen LogP contribution in [0.4, 0.5) is 0 Å². The third-order valence-electron chi connectivity index (χ3n) is 5.06. The van der Waals surface area contributed by atoms with Gasteiger partial charge in [-0.25, -0.2) is 0 Å². The molecule has 2 rings (SSSR count). The minimum atomic E-state index is 0.0388. The van der Waals surface area contributed by atoms with Crippen LogP contribution in [0.5, 0.6) is 0 Å². The van der Waals surface area contributed by atoms with Crippen LogP contribution in [-0.2, 0) is 4.79 Å². The zero-order chi connectivity index (χ0) is 15.0. The normalized spacial score (nSPS) is 33.6. The van der Waals surface area contributed by atoms with E-state index in [1.165, 1.54) is 12.8 Å². The number of nitrogens with one attached hydrogen (secondary N) is 1. The van der Waals surface area contributed by atoms with E-state index in [1.54, 1.807) is 0 Å². The Kier molecular flexibility index (Phi) is 4.48. The van der Waals surface area contributed by atoms with Crippen molar-refractivity contribution in [2.45, 2.75) is 84.7 Å². The van der Waals surface area contributed by atoms with Gasteiger partial charge in [-0.2, -0.15) is 0 Å². The molecule has 0 aromatic carbocycles. The van der Waals surface area contributed by atoms with Gasteiger partial charge in [-0.1, -0.05) is 40.5 Å². The quantitative estimate of drug-likeness (QED) is 0.816. The molecule has 3 nitrogen and oxygen atoms in total. The molecule has 1 amide bonds. The second-order valence-electron chi connectivity index (χ2n) is 8.67. The molecule has 0 radical (unpaired) electrons. The number of carbonyl (C=O) groups is 1. The van der Waals surface area contributed by atoms with Gasteiger partial charge in [0, 0.05) is 12.1 Å². The van der Waals surface area contributed by atoms with E-state index in [2.05, 4.69) is 33.0 Å². The van der Waals surface area contributed by atoms with Gasteiger partial charge in [-0.3, -0.25) is 4.79 Å². The summed E-state index contributed by atoms with van der Waals surface area (Å²) in [5.41, 5.74) is 6.76. The Labute approximate surface area is 124 Å². The molecule has 2 aliphatic carbocycles. The third kappa shape index (κ3) is 3.97. The summed E-state index contributed by atoms with van der Waals surface area (Å²) in [6.07, 6.45) is 7.69. The number of hydrogen-bond donors (Lipinski definition) is 2. The molecule has 0 saturated heterocycles. The molecule has 3 N–H and O–H groups in total. The van der Waals surface area contributed by atoms with E-state index in [0.29, 0.717) is 16.9 Å². The second-order valence-corrected chi connectivity index (χ2v) is 8.67. The topological polar surface area (TPSA) is 55.1 Å². The molecule has 0 aromatic rings. The second kappa shape index (κ2) is 5.67. The number of carbonyl (C=O) groups excluding carboxylic acids is 1. The summed E-state index contributed by atoms with van der Waals surface area (Å²) < 4.78 is 0. The van der Waals surface area contributed by atoms with Crippen LogP contribution in [0.15, 0.2) is 0 Å². The van der Waals surface area contributed by atoms with Gasteiger partial charge < -0.3 is 11.1 Å². The van der Waals surface area contributed by atoms with E-state index in [4.69, 9.17) is 5.73 Å². The van der Waals surface area contributed by atoms with Crippen molar-refractivity contribution in [3.8, 4) is 0 Å². The standard InChI is InChI=1S/C17H32N2O/c1-16(2)9-12(10-17(3,4)11-16)19-15(20)13-7-5-6-8-14(13)18/h12-14H,5-11,18H2,1-4H3,(H,19,20). The van der Waals surface area contributed by atoms with Gasteiger partial charge in [-0.15, -0.1) is 0 Å². The highest BCUT2D eigenvalue weighted by Gasteiger charge is 2.40. The highest BCUT2D eigenvalue weighted by atomic mass is 16.2. The van der Waals surface area contributed by atoms with Crippen LogP contribution in [-0.4, -0.2) is 18.0 Å². The number of rotatable bonds is 2. The maximum atomic E-state index is 12.5. The lowest BCUT2D eigenvalue weighted by molar-refractivity contribution is -0.128. The Morgan fingerprint density at radius 3 is 2.15 bits per heavy atom. The van der Waals surface area contributed by atoms with Crippen molar-refractivity contribution in [2.75, 3.05) is 0 Å². The Bertz CT molecular complexity index is 346. The van der Waals surface area contributed by atoms with Crippen LogP contribution in [0.1, 0.15) is 72.6 Å². The zero-order valence-corrected chi connectivity index (χ0v) is 13.7. The molecule has 0 heterocycles. The molecule has 3 heteroatoms. The fourth-order valence-corrected chi connectivity index (χ4v) is 4.74. The number of nitrogens with two attached hydrogens (primary N) is 1. The molecule has 116 valence electrons. The van der Waals surface area contributed by atoms with Crippen molar-refractivity contribution in [3.63, 3.8) is 0 Å². The van der Waals surface area contributed by atoms with Gasteiger partial charge in [0.25, 0.3) is 0 Å². The summed E-state index contributed by atoms with van der Waals surface area (Å²) in [4.78, 5) is 12.5. The van der Waals surface area contributed by atoms with Crippen LogP contribution < -0.4 is 11.1 Å². The minimum absolute atomic E-state index is 0.0388. The molecule has 20 heavy (non-hydrogen) atoms. The molecule has 0 spiro atoms. The van der Waals surface area contributed by atoms with E-state index in [9.17, 15) is 4.79 Å². The van der Waals surface area contributed by atoms with Gasteiger partial charge in [-0.05, 0) is 42.9 Å². The maximum Gasteiger partial charge on any atom is 0.224 e. The predicted molar refractivity (Wildman–Crippen MR) is 83.3 cm³/mol. The summed E-state index contributed by atoms with van der Waals surface area (Å²) in [7, 11) is 0. The first-order chi connectivity index (χ1) is 9.19. The molecule has 0 bridgehead atoms. The van der Waals surface area contributed by atoms with Gasteiger partial charge >= 0.3 is 0 Å². The smallest absolute Gasteiger partial charge is 0.224 e. The van der Waals surface area contributed by atoms with Gasteiger partial charge in [0.2, 0.25) is 5.91 Å². The average molecular weight is 280 g/mol. The van der Waals surface area contributed by atoms with Crippen LogP contribution in [0.3, 0.4) is 0 Å². The monoisotopic (exact) mass is 280 g/mol. The number of hydrogen-bond acceptors (Lipinski definition) is 2. The van der Waals surface area contributed by atoms with E-state index < -0.39 is 0 Å². The average Bonchev–Trinajstić information content (AvgIpc) is 2.24. The van der Waals surface area contributed by atoms with Crippen LogP contribution in [0.2, 0.25) is 0 Å². The molecular formula is C17H32N2O. The fraction of sp³-hybridized carbons (Fsp3) is 0.941. The summed E-state index contributed by atoms with van der Waals surface area (Å²) in [6.45, 7) is 9.28. The maximum absolute atomic E-state index is 12.5. The van der Waals surface area contributed by atoms with Crippen LogP contribution >= 0.6 is 0 Å². The van der Waals surface area contributed by atoms with Crippen LogP contribution in [0, 0.1) is 16.7 Å². The lowest BCUT2D eigenvalue weighted by Crippen LogP contribution is -2.50. The zero-order valence-electron chi connectivity index (χ0n) is 13.7. The molecule has 2 atom stereocenters. The molecule has 2 aliphatic rings. The van der Waals surface area contributed by atoms with Crippen molar-refractivity contribution in [1.82, 2.24) is 5.32 Å². The molecule has 2 fully saturated rings. The molecule has 0 aromatic heterocycles. The lowest BCUT2D eigenvalue weighted by Gasteiger charge is -2.45. The fourth-order valence-electron chi connectivity index (χ4n) is 4.74. The Hall–Kier alpha value is -0.570. The van der Waals surface area contributed by atoms with Crippen molar-refractivity contribution in [1.29, 1.82) is 0 Å². The van der Waals surface area contributed by atoms with Gasteiger partial charge in [0.1, 0.15) is 0 Å². The first-order valence-electron chi connectivity index (χ1n) is 8.25. The highest BCUT2D eigenvalue weighted by molar-refractivity contribution is 5.79. The first-order valence-corrected chi connectivity index (χ1v) is 8.25. The highest BCUT2D eigenvalue weighted by Crippen LogP contribution is 2.45. The Morgan fingerprint density at radius 1 is 1.05 bits per heavy atom. The largest absolute Gasteiger partial charge is 0.353 e. The van der Waals surface area contributed by atoms with E-state index in [1.807, 2.05) is 0 Å². The van der Waals surface area contributed by atoms with Gasteiger partial charge in [0.05, 0.1) is 5.92 Å². The molecule has 2 saturated carbocycles. The number of amides is 1. The Morgan fingerprint density at radius 2 is 1.60 bits per heavy atom. The lowest BCUT2D eigenvalue weighted by atomic mass is 9.63. The predicted octanol–water partition coefficient (Wildman–Crippen LogP) is 3.23. The summed E-state index contributed by atoms with van der Waals surface area (Å²) >= 11 is 0. The summed E-state index contributed by atoms with van der Waals surface area (Å²) in [5.74, 6) is 0.243. The molecule has 2 unspecified atom stereocenters. The van der Waals surface area contributed by atoms with Crippen molar-refractivity contribution in [3.05, 3.63) is 0 Å². The molecular weight excluding hydrogens is 248 g/mol. The summed E-state index contributed by atoms with van der Waals surface area (Å²) in [6, 6.07) is 0.378. The van der Waals surface area contributed by atoms with E-state index >= 15 is 0 Å². The SMILES string of the molecule is CC1(C)CC(NC(=O)C2CCCCC2N)CC(C)(C)C1. The van der Waals surface area contributed by atoms with E-state index in [0.717, 1.165) is 32.1 Å². The minimum Gasteiger partial charge on any atom is -0.353 e. The van der Waals surface area contributed by atoms with E-state index in [-0.39, 0.29) is 17.9 Å². The van der Waals surface area contributed by atoms with Crippen molar-refractivity contribution in [2.24, 2.45) is 22.5 Å². The Balaban J connectivity index is 1.96. The summed E-state index contributed by atoms with van der Waals surface area (Å²) in [5, 5.41) is 3.31. The molecule has 0 aliphatic heterocycles. The third-order valence-corrected chi connectivity index (χ3v) is 5.06. The first kappa shape index (κ1) is 15.8. The van der Waals surface area contributed by atoms with Crippen molar-refractivity contribution < 1.29 is 4.79 Å². The van der Waals surface area contributed by atoms with Crippen LogP contribution in [0.25, 0.3) is 0 Å².